The first-order chi connectivity index (χ1) is 10.1. The van der Waals surface area contributed by atoms with Crippen molar-refractivity contribution < 1.29 is 9.59 Å². The molecule has 3 rings (SSSR count). The van der Waals surface area contributed by atoms with Crippen LogP contribution >= 0.6 is 11.6 Å². The molecule has 0 unspecified atom stereocenters. The van der Waals surface area contributed by atoms with Crippen LogP contribution in [0.2, 0.25) is 5.02 Å². The molecule has 1 heterocycles. The van der Waals surface area contributed by atoms with Gasteiger partial charge < -0.3 is 0 Å². The largest absolute Gasteiger partial charge is 0.268 e. The lowest BCUT2D eigenvalue weighted by Gasteiger charge is -2.17. The molecule has 2 amide bonds. The summed E-state index contributed by atoms with van der Waals surface area (Å²) < 4.78 is 0. The number of rotatable bonds is 1. The van der Waals surface area contributed by atoms with Crippen LogP contribution in [0.25, 0.3) is 0 Å². The van der Waals surface area contributed by atoms with E-state index in [9.17, 15) is 9.59 Å². The van der Waals surface area contributed by atoms with Crippen LogP contribution in [-0.4, -0.2) is 11.8 Å². The minimum absolute atomic E-state index is 0.239. The fourth-order valence-electron chi connectivity index (χ4n) is 2.37. The molecule has 0 N–H and O–H groups in total. The number of carbonyl (C=O) groups is 2. The van der Waals surface area contributed by atoms with Gasteiger partial charge in [0.1, 0.15) is 0 Å². The van der Waals surface area contributed by atoms with Crippen LogP contribution in [0.3, 0.4) is 0 Å². The number of fused-ring (bicyclic) bond motifs is 1. The van der Waals surface area contributed by atoms with E-state index in [1.54, 1.807) is 37.3 Å². The summed E-state index contributed by atoms with van der Waals surface area (Å²) in [6, 6.07) is 11.7. The van der Waals surface area contributed by atoms with Crippen molar-refractivity contribution >= 4 is 29.1 Å². The molecule has 0 aliphatic carbocycles. The van der Waals surface area contributed by atoms with E-state index in [0.717, 1.165) is 4.90 Å². The highest BCUT2D eigenvalue weighted by molar-refractivity contribution is 6.40. The van der Waals surface area contributed by atoms with Crippen molar-refractivity contribution in [3.63, 3.8) is 0 Å². The maximum absolute atomic E-state index is 12.4. The third-order valence-corrected chi connectivity index (χ3v) is 4.00. The standard InChI is InChI=1S/C16H9ClN2O2/c1-9-10(8-18)6-7-13(14(9)17)19-15(20)11-4-2-3-5-12(11)16(19)21/h2-7H,1H3. The molecule has 2 aromatic rings. The average molecular weight is 297 g/mol. The summed E-state index contributed by atoms with van der Waals surface area (Å²) in [5.41, 5.74) is 1.99. The quantitative estimate of drug-likeness (QED) is 0.758. The maximum atomic E-state index is 12.4. The van der Waals surface area contributed by atoms with Gasteiger partial charge in [-0.15, -0.1) is 0 Å². The van der Waals surface area contributed by atoms with Gasteiger partial charge >= 0.3 is 0 Å². The van der Waals surface area contributed by atoms with E-state index in [0.29, 0.717) is 27.9 Å². The van der Waals surface area contributed by atoms with Crippen molar-refractivity contribution in [1.82, 2.24) is 0 Å². The lowest BCUT2D eigenvalue weighted by atomic mass is 10.1. The summed E-state index contributed by atoms with van der Waals surface area (Å²) in [6.45, 7) is 1.68. The van der Waals surface area contributed by atoms with Gasteiger partial charge in [-0.25, -0.2) is 4.90 Å². The third kappa shape index (κ3) is 1.83. The molecule has 1 aliphatic rings. The zero-order chi connectivity index (χ0) is 15.1. The monoisotopic (exact) mass is 296 g/mol. The van der Waals surface area contributed by atoms with E-state index in [2.05, 4.69) is 0 Å². The number of hydrogen-bond acceptors (Lipinski definition) is 3. The third-order valence-electron chi connectivity index (χ3n) is 3.52. The molecule has 0 spiro atoms. The predicted octanol–water partition coefficient (Wildman–Crippen LogP) is 3.32. The van der Waals surface area contributed by atoms with Gasteiger partial charge in [-0.05, 0) is 36.8 Å². The van der Waals surface area contributed by atoms with Crippen LogP contribution in [0.1, 0.15) is 31.8 Å². The number of anilines is 1. The molecule has 0 saturated carbocycles. The fourth-order valence-corrected chi connectivity index (χ4v) is 2.62. The lowest BCUT2D eigenvalue weighted by molar-refractivity contribution is 0.0926. The van der Waals surface area contributed by atoms with Crippen LogP contribution in [0.5, 0.6) is 0 Å². The first-order valence-electron chi connectivity index (χ1n) is 6.23. The molecule has 1 aliphatic heterocycles. The van der Waals surface area contributed by atoms with E-state index < -0.39 is 11.8 Å². The van der Waals surface area contributed by atoms with Gasteiger partial charge in [0.15, 0.2) is 0 Å². The molecule has 2 aromatic carbocycles. The Hall–Kier alpha value is -2.64. The van der Waals surface area contributed by atoms with Crippen molar-refractivity contribution in [3.05, 3.63) is 63.7 Å². The number of hydrogen-bond donors (Lipinski definition) is 0. The molecule has 102 valence electrons. The van der Waals surface area contributed by atoms with Gasteiger partial charge in [0.2, 0.25) is 0 Å². The zero-order valence-corrected chi connectivity index (χ0v) is 11.8. The Kier molecular flexibility index (Phi) is 3.00. The molecular formula is C16H9ClN2O2. The second-order valence-electron chi connectivity index (χ2n) is 4.67. The smallest absolute Gasteiger partial charge is 0.266 e. The van der Waals surface area contributed by atoms with Crippen molar-refractivity contribution in [3.8, 4) is 6.07 Å². The van der Waals surface area contributed by atoms with Gasteiger partial charge in [-0.2, -0.15) is 5.26 Å². The Morgan fingerprint density at radius 3 is 2.14 bits per heavy atom. The Morgan fingerprint density at radius 1 is 1.05 bits per heavy atom. The van der Waals surface area contributed by atoms with E-state index in [1.165, 1.54) is 6.07 Å². The second-order valence-corrected chi connectivity index (χ2v) is 5.05. The van der Waals surface area contributed by atoms with Gasteiger partial charge in [-0.3, -0.25) is 9.59 Å². The van der Waals surface area contributed by atoms with Gasteiger partial charge in [-0.1, -0.05) is 23.7 Å². The van der Waals surface area contributed by atoms with E-state index in [4.69, 9.17) is 16.9 Å². The summed E-state index contributed by atoms with van der Waals surface area (Å²) in [5.74, 6) is -0.803. The van der Waals surface area contributed by atoms with Crippen LogP contribution in [0.15, 0.2) is 36.4 Å². The van der Waals surface area contributed by atoms with Crippen LogP contribution in [0.4, 0.5) is 5.69 Å². The second kappa shape index (κ2) is 4.72. The summed E-state index contributed by atoms with van der Waals surface area (Å²) in [6.07, 6.45) is 0. The van der Waals surface area contributed by atoms with Gasteiger partial charge in [0.05, 0.1) is 33.5 Å². The number of halogens is 1. The van der Waals surface area contributed by atoms with Gasteiger partial charge in [0.25, 0.3) is 11.8 Å². The summed E-state index contributed by atoms with van der Waals surface area (Å²) in [5, 5.41) is 9.23. The van der Waals surface area contributed by atoms with Gasteiger partial charge in [0, 0.05) is 0 Å². The Labute approximate surface area is 126 Å². The van der Waals surface area contributed by atoms with Crippen molar-refractivity contribution in [2.45, 2.75) is 6.92 Å². The highest BCUT2D eigenvalue weighted by Gasteiger charge is 2.37. The molecule has 4 nitrogen and oxygen atoms in total. The van der Waals surface area contributed by atoms with E-state index in [-0.39, 0.29) is 5.02 Å². The molecule has 0 saturated heterocycles. The highest BCUT2D eigenvalue weighted by Crippen LogP contribution is 2.35. The van der Waals surface area contributed by atoms with Crippen LogP contribution in [-0.2, 0) is 0 Å². The fraction of sp³-hybridized carbons (Fsp3) is 0.0625. The van der Waals surface area contributed by atoms with Crippen molar-refractivity contribution in [2.24, 2.45) is 0 Å². The predicted molar refractivity (Wildman–Crippen MR) is 78.5 cm³/mol. The van der Waals surface area contributed by atoms with E-state index >= 15 is 0 Å². The number of benzene rings is 2. The minimum atomic E-state index is -0.401. The molecule has 0 bridgehead atoms. The van der Waals surface area contributed by atoms with Crippen molar-refractivity contribution in [2.75, 3.05) is 4.90 Å². The van der Waals surface area contributed by atoms with Crippen molar-refractivity contribution in [1.29, 1.82) is 5.26 Å². The SMILES string of the molecule is Cc1c(C#N)ccc(N2C(=O)c3ccccc3C2=O)c1Cl. The first kappa shape index (κ1) is 13.3. The normalized spacial score (nSPS) is 13.3. The van der Waals surface area contributed by atoms with Crippen LogP contribution < -0.4 is 4.90 Å². The Bertz CT molecular complexity index is 802. The molecular weight excluding hydrogens is 288 g/mol. The Morgan fingerprint density at radius 2 is 1.62 bits per heavy atom. The minimum Gasteiger partial charge on any atom is -0.268 e. The molecule has 0 fully saturated rings. The molecule has 0 aromatic heterocycles. The molecule has 21 heavy (non-hydrogen) atoms. The molecule has 5 heteroatoms. The first-order valence-corrected chi connectivity index (χ1v) is 6.61. The number of imide groups is 1. The highest BCUT2D eigenvalue weighted by atomic mass is 35.5. The zero-order valence-electron chi connectivity index (χ0n) is 11.1. The van der Waals surface area contributed by atoms with Crippen LogP contribution in [0, 0.1) is 18.3 Å². The number of nitriles is 1. The summed E-state index contributed by atoms with van der Waals surface area (Å²) in [7, 11) is 0. The molecule has 0 atom stereocenters. The van der Waals surface area contributed by atoms with E-state index in [1.807, 2.05) is 6.07 Å². The summed E-state index contributed by atoms with van der Waals surface area (Å²) >= 11 is 6.23. The number of carbonyl (C=O) groups excluding carboxylic acids is 2. The Balaban J connectivity index is 2.17. The topological polar surface area (TPSA) is 61.2 Å². The lowest BCUT2D eigenvalue weighted by Crippen LogP contribution is -2.29. The summed E-state index contributed by atoms with van der Waals surface area (Å²) in [4.78, 5) is 25.9. The number of nitrogens with zero attached hydrogens (tertiary/aromatic N) is 2. The number of amides is 2. The maximum Gasteiger partial charge on any atom is 0.266 e. The molecule has 0 radical (unpaired) electrons. The average Bonchev–Trinajstić information content (AvgIpc) is 2.75.